The van der Waals surface area contributed by atoms with Crippen LogP contribution in [0.5, 0.6) is 5.75 Å². The van der Waals surface area contributed by atoms with Gasteiger partial charge in [0, 0.05) is 45.1 Å². The highest BCUT2D eigenvalue weighted by Gasteiger charge is 2.24. The average molecular weight is 446 g/mol. The first-order valence-corrected chi connectivity index (χ1v) is 10.4. The highest BCUT2D eigenvalue weighted by molar-refractivity contribution is 6.42. The Morgan fingerprint density at radius 1 is 1.07 bits per heavy atom. The van der Waals surface area contributed by atoms with E-state index in [1.165, 1.54) is 5.56 Å². The molecule has 1 saturated heterocycles. The Kier molecular flexibility index (Phi) is 6.57. The van der Waals surface area contributed by atoms with Crippen molar-refractivity contribution >= 4 is 29.1 Å². The minimum absolute atomic E-state index is 0.108. The average Bonchev–Trinajstić information content (AvgIpc) is 3.25. The fraction of sp³-hybridized carbons (Fsp3) is 0.273. The van der Waals surface area contributed by atoms with Crippen molar-refractivity contribution in [3.63, 3.8) is 0 Å². The fourth-order valence-electron chi connectivity index (χ4n) is 3.33. The lowest BCUT2D eigenvalue weighted by atomic mass is 10.2. The summed E-state index contributed by atoms with van der Waals surface area (Å²) in [6.07, 6.45) is 3.65. The third kappa shape index (κ3) is 4.95. The lowest BCUT2D eigenvalue weighted by Crippen LogP contribution is -2.48. The molecule has 0 N–H and O–H groups in total. The Morgan fingerprint density at radius 2 is 1.90 bits per heavy atom. The van der Waals surface area contributed by atoms with E-state index in [-0.39, 0.29) is 12.5 Å². The van der Waals surface area contributed by atoms with Crippen molar-refractivity contribution in [2.75, 3.05) is 26.2 Å². The van der Waals surface area contributed by atoms with Crippen molar-refractivity contribution in [1.29, 1.82) is 0 Å². The maximum absolute atomic E-state index is 12.8. The Labute approximate surface area is 185 Å². The summed E-state index contributed by atoms with van der Waals surface area (Å²) < 4.78 is 11.4. The molecular formula is C22H21Cl2N3O3. The molecule has 6 nitrogen and oxygen atoms in total. The smallest absolute Gasteiger partial charge is 0.289 e. The van der Waals surface area contributed by atoms with Gasteiger partial charge >= 0.3 is 0 Å². The Morgan fingerprint density at radius 3 is 2.67 bits per heavy atom. The van der Waals surface area contributed by atoms with Crippen molar-refractivity contribution < 1.29 is 13.9 Å². The summed E-state index contributed by atoms with van der Waals surface area (Å²) in [5.41, 5.74) is 1.17. The van der Waals surface area contributed by atoms with E-state index in [0.717, 1.165) is 19.6 Å². The van der Waals surface area contributed by atoms with Gasteiger partial charge in [0.1, 0.15) is 23.1 Å². The number of amides is 1. The molecule has 1 amide bonds. The molecule has 0 unspecified atom stereocenters. The number of carbonyl (C=O) groups is 1. The molecule has 0 spiro atoms. The van der Waals surface area contributed by atoms with Crippen LogP contribution in [-0.2, 0) is 13.2 Å². The topological polar surface area (TPSA) is 58.8 Å². The van der Waals surface area contributed by atoms with Gasteiger partial charge in [-0.25, -0.2) is 0 Å². The summed E-state index contributed by atoms with van der Waals surface area (Å²) in [6, 6.07) is 12.6. The number of carbonyl (C=O) groups excluding carboxylic acids is 1. The Bertz CT molecular complexity index is 1000. The van der Waals surface area contributed by atoms with E-state index >= 15 is 0 Å². The summed E-state index contributed by atoms with van der Waals surface area (Å²) in [6.45, 7) is 3.93. The van der Waals surface area contributed by atoms with E-state index in [1.807, 2.05) is 17.2 Å². The van der Waals surface area contributed by atoms with Gasteiger partial charge < -0.3 is 14.1 Å². The molecule has 2 aromatic heterocycles. The van der Waals surface area contributed by atoms with Crippen molar-refractivity contribution in [1.82, 2.24) is 14.8 Å². The molecular weight excluding hydrogens is 425 g/mol. The van der Waals surface area contributed by atoms with Crippen LogP contribution >= 0.6 is 23.2 Å². The zero-order valence-corrected chi connectivity index (χ0v) is 17.8. The van der Waals surface area contributed by atoms with Crippen molar-refractivity contribution in [2.24, 2.45) is 0 Å². The molecule has 0 aliphatic carbocycles. The number of ether oxygens (including phenoxy) is 1. The summed E-state index contributed by atoms with van der Waals surface area (Å²) >= 11 is 12.1. The molecule has 1 aliphatic heterocycles. The molecule has 1 fully saturated rings. The largest absolute Gasteiger partial charge is 0.484 e. The molecule has 0 bridgehead atoms. The molecule has 1 aromatic carbocycles. The molecule has 3 aromatic rings. The van der Waals surface area contributed by atoms with E-state index < -0.39 is 0 Å². The standard InChI is InChI=1S/C22H21Cl2N3O3/c23-18-4-1-5-19(21(18)24)29-15-17-6-7-20(30-17)22(28)27-11-9-26(10-12-27)14-16-3-2-8-25-13-16/h1-8,13H,9-12,14-15H2. The third-order valence-corrected chi connectivity index (χ3v) is 5.75. The van der Waals surface area contributed by atoms with E-state index in [4.69, 9.17) is 32.4 Å². The van der Waals surface area contributed by atoms with Gasteiger partial charge in [-0.15, -0.1) is 0 Å². The first kappa shape index (κ1) is 20.7. The van der Waals surface area contributed by atoms with Crippen molar-refractivity contribution in [3.8, 4) is 5.75 Å². The maximum atomic E-state index is 12.8. The maximum Gasteiger partial charge on any atom is 0.289 e. The minimum atomic E-state index is -0.108. The lowest BCUT2D eigenvalue weighted by molar-refractivity contribution is 0.0594. The molecule has 3 heterocycles. The van der Waals surface area contributed by atoms with Crippen LogP contribution in [0.2, 0.25) is 10.0 Å². The summed E-state index contributed by atoms with van der Waals surface area (Å²) in [7, 11) is 0. The van der Waals surface area contributed by atoms with Gasteiger partial charge in [-0.3, -0.25) is 14.7 Å². The molecule has 30 heavy (non-hydrogen) atoms. The lowest BCUT2D eigenvalue weighted by Gasteiger charge is -2.34. The van der Waals surface area contributed by atoms with Gasteiger partial charge in [0.2, 0.25) is 0 Å². The number of benzene rings is 1. The number of nitrogens with zero attached hydrogens (tertiary/aromatic N) is 3. The number of hydrogen-bond acceptors (Lipinski definition) is 5. The molecule has 0 radical (unpaired) electrons. The molecule has 0 atom stereocenters. The van der Waals surface area contributed by atoms with Crippen molar-refractivity contribution in [3.05, 3.63) is 82.0 Å². The van der Waals surface area contributed by atoms with Crippen LogP contribution < -0.4 is 4.74 Å². The van der Waals surface area contributed by atoms with Crippen LogP contribution in [0.3, 0.4) is 0 Å². The minimum Gasteiger partial charge on any atom is -0.484 e. The van der Waals surface area contributed by atoms with Crippen LogP contribution in [0, 0.1) is 0 Å². The Balaban J connectivity index is 1.29. The van der Waals surface area contributed by atoms with Gasteiger partial charge in [0.05, 0.1) is 5.02 Å². The van der Waals surface area contributed by atoms with Crippen LogP contribution in [-0.4, -0.2) is 46.9 Å². The Hall–Kier alpha value is -2.54. The number of piperazine rings is 1. The third-order valence-electron chi connectivity index (χ3n) is 4.95. The molecule has 0 saturated carbocycles. The second-order valence-electron chi connectivity index (χ2n) is 7.04. The van der Waals surface area contributed by atoms with E-state index in [0.29, 0.717) is 40.4 Å². The summed E-state index contributed by atoms with van der Waals surface area (Å²) in [5, 5.41) is 0.776. The van der Waals surface area contributed by atoms with Gasteiger partial charge in [0.25, 0.3) is 5.91 Å². The molecule has 156 valence electrons. The summed E-state index contributed by atoms with van der Waals surface area (Å²) in [4.78, 5) is 21.1. The van der Waals surface area contributed by atoms with E-state index in [9.17, 15) is 4.79 Å². The van der Waals surface area contributed by atoms with Gasteiger partial charge in [-0.2, -0.15) is 0 Å². The number of aromatic nitrogens is 1. The van der Waals surface area contributed by atoms with E-state index in [2.05, 4.69) is 16.0 Å². The highest BCUT2D eigenvalue weighted by atomic mass is 35.5. The normalized spacial score (nSPS) is 14.7. The van der Waals surface area contributed by atoms with Gasteiger partial charge in [-0.05, 0) is 35.9 Å². The quantitative estimate of drug-likeness (QED) is 0.558. The number of hydrogen-bond donors (Lipinski definition) is 0. The second kappa shape index (κ2) is 9.51. The molecule has 4 rings (SSSR count). The number of halogens is 2. The zero-order valence-electron chi connectivity index (χ0n) is 16.3. The van der Waals surface area contributed by atoms with Gasteiger partial charge in [-0.1, -0.05) is 35.3 Å². The van der Waals surface area contributed by atoms with Crippen molar-refractivity contribution in [2.45, 2.75) is 13.2 Å². The number of rotatable bonds is 6. The molecule has 1 aliphatic rings. The fourth-order valence-corrected chi connectivity index (χ4v) is 3.68. The highest BCUT2D eigenvalue weighted by Crippen LogP contribution is 2.32. The number of furan rings is 1. The van der Waals surface area contributed by atoms with Crippen LogP contribution in [0.25, 0.3) is 0 Å². The number of pyridine rings is 1. The SMILES string of the molecule is O=C(c1ccc(COc2cccc(Cl)c2Cl)o1)N1CCN(Cc2cccnc2)CC1. The molecule has 8 heteroatoms. The predicted octanol–water partition coefficient (Wildman–Crippen LogP) is 4.52. The van der Waals surface area contributed by atoms with Crippen LogP contribution in [0.4, 0.5) is 0 Å². The second-order valence-corrected chi connectivity index (χ2v) is 7.82. The summed E-state index contributed by atoms with van der Waals surface area (Å²) in [5.74, 6) is 1.22. The monoisotopic (exact) mass is 445 g/mol. The van der Waals surface area contributed by atoms with Gasteiger partial charge in [0.15, 0.2) is 5.76 Å². The zero-order chi connectivity index (χ0) is 20.9. The predicted molar refractivity (Wildman–Crippen MR) is 115 cm³/mol. The van der Waals surface area contributed by atoms with Crippen LogP contribution in [0.1, 0.15) is 21.9 Å². The van der Waals surface area contributed by atoms with E-state index in [1.54, 1.807) is 36.5 Å². The first-order chi connectivity index (χ1) is 14.6. The van der Waals surface area contributed by atoms with Crippen LogP contribution in [0.15, 0.2) is 59.3 Å². The first-order valence-electron chi connectivity index (χ1n) is 9.66.